The van der Waals surface area contributed by atoms with Gasteiger partial charge in [-0.2, -0.15) is 5.26 Å². The van der Waals surface area contributed by atoms with Gasteiger partial charge in [0.1, 0.15) is 24.1 Å². The summed E-state index contributed by atoms with van der Waals surface area (Å²) in [7, 11) is 0. The van der Waals surface area contributed by atoms with Crippen molar-refractivity contribution in [2.45, 2.75) is 20.0 Å². The molecule has 35 heavy (non-hydrogen) atoms. The lowest BCUT2D eigenvalue weighted by Crippen LogP contribution is -2.13. The molecule has 0 aliphatic carbocycles. The van der Waals surface area contributed by atoms with E-state index in [9.17, 15) is 14.4 Å². The number of anilines is 1. The second kappa shape index (κ2) is 12.5. The second-order valence-corrected chi connectivity index (χ2v) is 8.36. The summed E-state index contributed by atoms with van der Waals surface area (Å²) >= 11 is 3.36. The number of benzene rings is 3. The number of nitrogens with one attached hydrogen (secondary N) is 1. The molecule has 5 nitrogen and oxygen atoms in total. The number of halogens is 2. The monoisotopic (exact) mass is 534 g/mol. The quantitative estimate of drug-likeness (QED) is 0.175. The first-order chi connectivity index (χ1) is 16.9. The molecule has 0 fully saturated rings. The third-order valence-electron chi connectivity index (χ3n) is 4.91. The van der Waals surface area contributed by atoms with Gasteiger partial charge in [-0.3, -0.25) is 4.79 Å². The Morgan fingerprint density at radius 2 is 1.94 bits per heavy atom. The first kappa shape index (κ1) is 25.7. The van der Waals surface area contributed by atoms with Crippen LogP contribution in [0.1, 0.15) is 23.6 Å². The summed E-state index contributed by atoms with van der Waals surface area (Å²) in [5.74, 6) is 0.00230. The predicted octanol–water partition coefficient (Wildman–Crippen LogP) is 6.84. The van der Waals surface area contributed by atoms with Gasteiger partial charge in [0.25, 0.3) is 5.91 Å². The molecule has 0 heterocycles. The number of hydrogen-bond acceptors (Lipinski definition) is 4. The molecule has 0 spiro atoms. The zero-order valence-corrected chi connectivity index (χ0v) is 20.8. The second-order valence-electron chi connectivity index (χ2n) is 7.45. The maximum absolute atomic E-state index is 14.1. The van der Waals surface area contributed by atoms with Crippen LogP contribution in [0.5, 0.6) is 11.5 Å². The smallest absolute Gasteiger partial charge is 0.266 e. The highest BCUT2D eigenvalue weighted by molar-refractivity contribution is 9.10. The highest BCUT2D eigenvalue weighted by Crippen LogP contribution is 2.35. The Hall–Kier alpha value is -3.89. The van der Waals surface area contributed by atoms with Crippen molar-refractivity contribution >= 4 is 33.6 Å². The van der Waals surface area contributed by atoms with Crippen LogP contribution in [0.25, 0.3) is 6.08 Å². The van der Waals surface area contributed by atoms with Gasteiger partial charge in [0.15, 0.2) is 11.5 Å². The first-order valence-corrected chi connectivity index (χ1v) is 11.7. The Kier molecular flexibility index (Phi) is 9.22. The van der Waals surface area contributed by atoms with Gasteiger partial charge < -0.3 is 14.8 Å². The van der Waals surface area contributed by atoms with Crippen molar-refractivity contribution in [3.63, 3.8) is 0 Å². The fourth-order valence-corrected chi connectivity index (χ4v) is 3.75. The zero-order valence-electron chi connectivity index (χ0n) is 19.2. The molecule has 0 atom stereocenters. The largest absolute Gasteiger partial charge is 0.490 e. The van der Waals surface area contributed by atoms with Gasteiger partial charge in [0, 0.05) is 21.3 Å². The van der Waals surface area contributed by atoms with E-state index in [-0.39, 0.29) is 18.0 Å². The summed E-state index contributed by atoms with van der Waals surface area (Å²) in [6.45, 7) is 6.02. The molecule has 3 aromatic rings. The fraction of sp³-hybridized carbons (Fsp3) is 0.143. The van der Waals surface area contributed by atoms with Crippen LogP contribution in [-0.4, -0.2) is 12.5 Å². The average molecular weight is 535 g/mol. The van der Waals surface area contributed by atoms with Crippen molar-refractivity contribution in [3.05, 3.63) is 106 Å². The molecule has 0 aliphatic heterocycles. The van der Waals surface area contributed by atoms with Crippen LogP contribution in [-0.2, 0) is 17.8 Å². The number of carbonyl (C=O) groups excluding carboxylic acids is 1. The van der Waals surface area contributed by atoms with Gasteiger partial charge >= 0.3 is 0 Å². The molecule has 0 saturated carbocycles. The number of carbonyl (C=O) groups is 1. The van der Waals surface area contributed by atoms with Gasteiger partial charge in [-0.25, -0.2) is 4.39 Å². The fourth-order valence-electron chi connectivity index (χ4n) is 3.35. The minimum atomic E-state index is -0.534. The van der Waals surface area contributed by atoms with E-state index in [0.717, 1.165) is 10.0 Å². The molecule has 178 valence electrons. The number of nitriles is 1. The van der Waals surface area contributed by atoms with Crippen molar-refractivity contribution in [2.24, 2.45) is 0 Å². The Labute approximate surface area is 212 Å². The predicted molar refractivity (Wildman–Crippen MR) is 139 cm³/mol. The SMILES string of the molecule is C=CCc1cc(/C=C(/C#N)C(=O)Nc2cccc(Br)c2)cc(OCC)c1OCc1ccccc1F. The molecule has 1 amide bonds. The van der Waals surface area contributed by atoms with E-state index in [1.807, 2.05) is 19.1 Å². The molecule has 7 heteroatoms. The Morgan fingerprint density at radius 1 is 1.14 bits per heavy atom. The molecule has 0 aliphatic rings. The lowest BCUT2D eigenvalue weighted by molar-refractivity contribution is -0.112. The molecule has 0 saturated heterocycles. The van der Waals surface area contributed by atoms with E-state index in [2.05, 4.69) is 27.8 Å². The van der Waals surface area contributed by atoms with E-state index in [1.165, 1.54) is 12.1 Å². The van der Waals surface area contributed by atoms with E-state index in [4.69, 9.17) is 9.47 Å². The minimum Gasteiger partial charge on any atom is -0.490 e. The number of rotatable bonds is 10. The lowest BCUT2D eigenvalue weighted by Gasteiger charge is -2.17. The number of amides is 1. The Bertz CT molecular complexity index is 1300. The molecule has 3 aromatic carbocycles. The van der Waals surface area contributed by atoms with Crippen molar-refractivity contribution in [2.75, 3.05) is 11.9 Å². The van der Waals surface area contributed by atoms with Crippen molar-refractivity contribution < 1.29 is 18.7 Å². The topological polar surface area (TPSA) is 71.4 Å². The summed E-state index contributed by atoms with van der Waals surface area (Å²) < 4.78 is 26.7. The summed E-state index contributed by atoms with van der Waals surface area (Å²) in [4.78, 5) is 12.7. The molecule has 0 aromatic heterocycles. The third-order valence-corrected chi connectivity index (χ3v) is 5.40. The third kappa shape index (κ3) is 7.05. The van der Waals surface area contributed by atoms with Gasteiger partial charge in [-0.15, -0.1) is 6.58 Å². The molecule has 3 rings (SSSR count). The van der Waals surface area contributed by atoms with E-state index in [1.54, 1.807) is 54.6 Å². The summed E-state index contributed by atoms with van der Waals surface area (Å²) in [5, 5.41) is 12.4. The van der Waals surface area contributed by atoms with Crippen LogP contribution in [0.3, 0.4) is 0 Å². The molecule has 0 unspecified atom stereocenters. The van der Waals surface area contributed by atoms with Gasteiger partial charge in [0.2, 0.25) is 0 Å². The zero-order chi connectivity index (χ0) is 25.2. The number of ether oxygens (including phenoxy) is 2. The Morgan fingerprint density at radius 3 is 2.63 bits per heavy atom. The van der Waals surface area contributed by atoms with Crippen LogP contribution >= 0.6 is 15.9 Å². The lowest BCUT2D eigenvalue weighted by atomic mass is 10.0. The number of allylic oxidation sites excluding steroid dienone is 1. The number of hydrogen-bond donors (Lipinski definition) is 1. The van der Waals surface area contributed by atoms with Crippen molar-refractivity contribution in [3.8, 4) is 17.6 Å². The number of nitrogens with zero attached hydrogens (tertiary/aromatic N) is 1. The molecule has 0 bridgehead atoms. The van der Waals surface area contributed by atoms with Crippen LogP contribution in [0.15, 0.2) is 83.4 Å². The minimum absolute atomic E-state index is 0.0184. The van der Waals surface area contributed by atoms with Gasteiger partial charge in [-0.05, 0) is 61.4 Å². The van der Waals surface area contributed by atoms with Crippen LogP contribution in [0, 0.1) is 17.1 Å². The van der Waals surface area contributed by atoms with E-state index in [0.29, 0.717) is 41.3 Å². The highest BCUT2D eigenvalue weighted by atomic mass is 79.9. The van der Waals surface area contributed by atoms with Crippen molar-refractivity contribution in [1.82, 2.24) is 0 Å². The summed E-state index contributed by atoms with van der Waals surface area (Å²) in [6.07, 6.45) is 3.64. The first-order valence-electron chi connectivity index (χ1n) is 10.9. The molecule has 0 radical (unpaired) electrons. The average Bonchev–Trinajstić information content (AvgIpc) is 2.83. The van der Waals surface area contributed by atoms with Crippen molar-refractivity contribution in [1.29, 1.82) is 5.26 Å². The van der Waals surface area contributed by atoms with Gasteiger partial charge in [-0.1, -0.05) is 46.3 Å². The maximum atomic E-state index is 14.1. The standard InChI is InChI=1S/C28H24BrFN2O3/c1-3-8-20-13-19(14-22(17-31)28(33)32-24-11-7-10-23(29)16-24)15-26(34-4-2)27(20)35-18-21-9-5-6-12-25(21)30/h3,5-7,9-16H,1,4,8,18H2,2H3,(H,32,33)/b22-14-. The van der Waals surface area contributed by atoms with Crippen LogP contribution in [0.2, 0.25) is 0 Å². The Balaban J connectivity index is 1.94. The molecular weight excluding hydrogens is 511 g/mol. The summed E-state index contributed by atoms with van der Waals surface area (Å²) in [6, 6.07) is 18.9. The normalized spacial score (nSPS) is 10.9. The highest BCUT2D eigenvalue weighted by Gasteiger charge is 2.16. The van der Waals surface area contributed by atoms with Crippen LogP contribution in [0.4, 0.5) is 10.1 Å². The molecular formula is C28H24BrFN2O3. The van der Waals surface area contributed by atoms with E-state index >= 15 is 0 Å². The molecule has 1 N–H and O–H groups in total. The van der Waals surface area contributed by atoms with E-state index < -0.39 is 5.91 Å². The summed E-state index contributed by atoms with van der Waals surface area (Å²) in [5.41, 5.74) is 2.23. The maximum Gasteiger partial charge on any atom is 0.266 e. The van der Waals surface area contributed by atoms with Crippen LogP contribution < -0.4 is 14.8 Å². The van der Waals surface area contributed by atoms with Gasteiger partial charge in [0.05, 0.1) is 6.61 Å².